The quantitative estimate of drug-likeness (QED) is 0.777. The molecule has 0 unspecified atom stereocenters. The van der Waals surface area contributed by atoms with Crippen molar-refractivity contribution < 1.29 is 19.1 Å². The summed E-state index contributed by atoms with van der Waals surface area (Å²) in [7, 11) is 0. The fourth-order valence-corrected chi connectivity index (χ4v) is 5.35. The summed E-state index contributed by atoms with van der Waals surface area (Å²) in [6.07, 6.45) is 1.25. The number of thiophene rings is 1. The van der Waals surface area contributed by atoms with Crippen LogP contribution in [0.25, 0.3) is 0 Å². The third kappa shape index (κ3) is 3.83. The maximum Gasteiger partial charge on any atom is 0.341 e. The second-order valence-corrected chi connectivity index (χ2v) is 8.13. The summed E-state index contributed by atoms with van der Waals surface area (Å²) in [6.45, 7) is 3.35. The molecule has 1 aromatic heterocycles. The second-order valence-electron chi connectivity index (χ2n) is 5.84. The van der Waals surface area contributed by atoms with Crippen molar-refractivity contribution in [1.29, 1.82) is 0 Å². The predicted octanol–water partition coefficient (Wildman–Crippen LogP) is 4.17. The highest BCUT2D eigenvalue weighted by Crippen LogP contribution is 2.42. The molecule has 7 heteroatoms. The highest BCUT2D eigenvalue weighted by Gasteiger charge is 2.35. The number of hydrogen-bond acceptors (Lipinski definition) is 6. The van der Waals surface area contributed by atoms with Gasteiger partial charge >= 0.3 is 5.97 Å². The zero-order valence-electron chi connectivity index (χ0n) is 14.5. The highest BCUT2D eigenvalue weighted by molar-refractivity contribution is 8.00. The van der Waals surface area contributed by atoms with Crippen LogP contribution < -0.4 is 5.32 Å². The molecule has 2 aromatic rings. The molecule has 0 aliphatic heterocycles. The van der Waals surface area contributed by atoms with Crippen molar-refractivity contribution in [1.82, 2.24) is 0 Å². The number of thioether (sulfide) groups is 1. The Labute approximate surface area is 160 Å². The first-order valence-electron chi connectivity index (χ1n) is 8.37. The van der Waals surface area contributed by atoms with Crippen LogP contribution in [0.1, 0.15) is 45.9 Å². The summed E-state index contributed by atoms with van der Waals surface area (Å²) in [5.74, 6) is -0.764. The first-order chi connectivity index (χ1) is 12.5. The Morgan fingerprint density at radius 3 is 2.69 bits per heavy atom. The van der Waals surface area contributed by atoms with E-state index in [0.717, 1.165) is 4.90 Å². The largest absolute Gasteiger partial charge is 0.462 e. The Morgan fingerprint density at radius 2 is 2.04 bits per heavy atom. The summed E-state index contributed by atoms with van der Waals surface area (Å²) in [5, 5.41) is 2.89. The van der Waals surface area contributed by atoms with Crippen molar-refractivity contribution in [2.75, 3.05) is 11.9 Å². The molecule has 0 fully saturated rings. The summed E-state index contributed by atoms with van der Waals surface area (Å²) < 4.78 is 5.13. The van der Waals surface area contributed by atoms with Crippen molar-refractivity contribution in [2.24, 2.45) is 0 Å². The van der Waals surface area contributed by atoms with Crippen LogP contribution in [0, 0.1) is 0 Å². The molecular formula is C19H19NO4S2. The van der Waals surface area contributed by atoms with Crippen LogP contribution in [-0.2, 0) is 16.0 Å². The SMILES string of the molecule is CCOC(=O)c1c(NC(C)=O)sc2c1CC[C@@H](Sc1ccccc1)C2=O. The molecule has 0 saturated carbocycles. The van der Waals surface area contributed by atoms with Gasteiger partial charge in [-0.1, -0.05) is 18.2 Å². The van der Waals surface area contributed by atoms with E-state index < -0.39 is 5.97 Å². The molecule has 1 amide bonds. The number of rotatable bonds is 5. The van der Waals surface area contributed by atoms with Crippen molar-refractivity contribution in [3.05, 3.63) is 46.3 Å². The third-order valence-corrected chi connectivity index (χ3v) is 6.41. The first-order valence-corrected chi connectivity index (χ1v) is 10.1. The van der Waals surface area contributed by atoms with E-state index in [1.807, 2.05) is 30.3 Å². The number of hydrogen-bond donors (Lipinski definition) is 1. The molecule has 1 heterocycles. The molecule has 1 aromatic carbocycles. The van der Waals surface area contributed by atoms with E-state index in [1.165, 1.54) is 30.0 Å². The summed E-state index contributed by atoms with van der Waals surface area (Å²) in [4.78, 5) is 38.4. The Balaban J connectivity index is 1.93. The minimum Gasteiger partial charge on any atom is -0.462 e. The van der Waals surface area contributed by atoms with E-state index in [0.29, 0.717) is 33.8 Å². The van der Waals surface area contributed by atoms with Gasteiger partial charge in [0.2, 0.25) is 5.91 Å². The number of carbonyl (C=O) groups excluding carboxylic acids is 3. The van der Waals surface area contributed by atoms with Crippen LogP contribution in [-0.4, -0.2) is 29.5 Å². The number of ketones is 1. The summed E-state index contributed by atoms with van der Waals surface area (Å²) in [6, 6.07) is 9.79. The lowest BCUT2D eigenvalue weighted by Gasteiger charge is -2.20. The van der Waals surface area contributed by atoms with E-state index in [2.05, 4.69) is 5.32 Å². The first kappa shape index (κ1) is 18.7. The number of esters is 1. The van der Waals surface area contributed by atoms with E-state index >= 15 is 0 Å². The average Bonchev–Trinajstić information content (AvgIpc) is 2.97. The third-order valence-electron chi connectivity index (χ3n) is 3.97. The molecule has 26 heavy (non-hydrogen) atoms. The zero-order valence-corrected chi connectivity index (χ0v) is 16.2. The number of benzene rings is 1. The van der Waals surface area contributed by atoms with Gasteiger partial charge in [-0.05, 0) is 37.5 Å². The van der Waals surface area contributed by atoms with Gasteiger partial charge in [0, 0.05) is 11.8 Å². The molecule has 0 bridgehead atoms. The van der Waals surface area contributed by atoms with Crippen molar-refractivity contribution in [3.63, 3.8) is 0 Å². The molecule has 1 N–H and O–H groups in total. The highest BCUT2D eigenvalue weighted by atomic mass is 32.2. The Bertz CT molecular complexity index is 845. The smallest absolute Gasteiger partial charge is 0.341 e. The fraction of sp³-hybridized carbons (Fsp3) is 0.316. The minimum atomic E-state index is -0.490. The van der Waals surface area contributed by atoms with Gasteiger partial charge < -0.3 is 10.1 Å². The number of Topliss-reactive ketones (excluding diaryl/α,β-unsaturated/α-hetero) is 1. The normalized spacial score (nSPS) is 16.1. The van der Waals surface area contributed by atoms with Gasteiger partial charge in [0.05, 0.1) is 22.3 Å². The number of ether oxygens (including phenoxy) is 1. The van der Waals surface area contributed by atoms with Crippen LogP contribution in [0.2, 0.25) is 0 Å². The monoisotopic (exact) mass is 389 g/mol. The molecule has 0 radical (unpaired) electrons. The van der Waals surface area contributed by atoms with Gasteiger partial charge in [-0.25, -0.2) is 4.79 Å². The lowest BCUT2D eigenvalue weighted by molar-refractivity contribution is -0.114. The molecule has 1 atom stereocenters. The van der Waals surface area contributed by atoms with Crippen molar-refractivity contribution in [3.8, 4) is 0 Å². The number of nitrogens with one attached hydrogen (secondary N) is 1. The predicted molar refractivity (Wildman–Crippen MR) is 103 cm³/mol. The molecule has 0 spiro atoms. The van der Waals surface area contributed by atoms with E-state index in [4.69, 9.17) is 4.74 Å². The molecule has 136 valence electrons. The van der Waals surface area contributed by atoms with Gasteiger partial charge in [0.1, 0.15) is 5.00 Å². The molecule has 0 saturated heterocycles. The van der Waals surface area contributed by atoms with Crippen molar-refractivity contribution >= 4 is 45.8 Å². The molecular weight excluding hydrogens is 370 g/mol. The second kappa shape index (κ2) is 8.05. The fourth-order valence-electron chi connectivity index (χ4n) is 2.90. The zero-order chi connectivity index (χ0) is 18.7. The summed E-state index contributed by atoms with van der Waals surface area (Å²) >= 11 is 2.71. The van der Waals surface area contributed by atoms with Crippen LogP contribution in [0.3, 0.4) is 0 Å². The van der Waals surface area contributed by atoms with Crippen LogP contribution in [0.15, 0.2) is 35.2 Å². The molecule has 1 aliphatic rings. The molecule has 5 nitrogen and oxygen atoms in total. The Hall–Kier alpha value is -2.12. The van der Waals surface area contributed by atoms with Gasteiger partial charge in [-0.15, -0.1) is 23.1 Å². The van der Waals surface area contributed by atoms with Crippen LogP contribution >= 0.6 is 23.1 Å². The van der Waals surface area contributed by atoms with E-state index in [1.54, 1.807) is 6.92 Å². The number of anilines is 1. The number of amides is 1. The van der Waals surface area contributed by atoms with E-state index in [9.17, 15) is 14.4 Å². The summed E-state index contributed by atoms with van der Waals surface area (Å²) in [5.41, 5.74) is 1.03. The minimum absolute atomic E-state index is 0.00672. The molecule has 3 rings (SSSR count). The standard InChI is InChI=1S/C19H19NO4S2/c1-3-24-19(23)15-13-9-10-14(25-12-7-5-4-6-8-12)16(22)17(13)26-18(15)20-11(2)21/h4-8,14H,3,9-10H2,1-2H3,(H,20,21)/t14-/m1/s1. The van der Waals surface area contributed by atoms with Gasteiger partial charge in [-0.2, -0.15) is 0 Å². The molecule has 1 aliphatic carbocycles. The van der Waals surface area contributed by atoms with Gasteiger partial charge in [0.25, 0.3) is 0 Å². The lowest BCUT2D eigenvalue weighted by Crippen LogP contribution is -2.24. The van der Waals surface area contributed by atoms with Crippen molar-refractivity contribution in [2.45, 2.75) is 36.8 Å². The van der Waals surface area contributed by atoms with Crippen LogP contribution in [0.5, 0.6) is 0 Å². The van der Waals surface area contributed by atoms with Gasteiger partial charge in [0.15, 0.2) is 5.78 Å². The van der Waals surface area contributed by atoms with Crippen LogP contribution in [0.4, 0.5) is 5.00 Å². The maximum atomic E-state index is 13.0. The number of carbonyl (C=O) groups is 3. The number of fused-ring (bicyclic) bond motifs is 1. The lowest BCUT2D eigenvalue weighted by atomic mass is 9.94. The maximum absolute atomic E-state index is 13.0. The van der Waals surface area contributed by atoms with Gasteiger partial charge in [-0.3, -0.25) is 9.59 Å². The van der Waals surface area contributed by atoms with E-state index in [-0.39, 0.29) is 23.5 Å². The average molecular weight is 389 g/mol. The topological polar surface area (TPSA) is 72.5 Å². The Kier molecular flexibility index (Phi) is 5.78. The Morgan fingerprint density at radius 1 is 1.31 bits per heavy atom.